The van der Waals surface area contributed by atoms with Gasteiger partial charge in [-0.3, -0.25) is 0 Å². The van der Waals surface area contributed by atoms with E-state index in [9.17, 15) is 0 Å². The van der Waals surface area contributed by atoms with Gasteiger partial charge in [-0.2, -0.15) is 0 Å². The van der Waals surface area contributed by atoms with Gasteiger partial charge in [0.2, 0.25) is 0 Å². The molecule has 3 rings (SSSR count). The van der Waals surface area contributed by atoms with Gasteiger partial charge in [0.15, 0.2) is 0 Å². The van der Waals surface area contributed by atoms with Crippen molar-refractivity contribution >= 4 is 5.69 Å². The summed E-state index contributed by atoms with van der Waals surface area (Å²) in [6.45, 7) is 2.34. The molecule has 2 nitrogen and oxygen atoms in total. The lowest BCUT2D eigenvalue weighted by Gasteiger charge is -2.30. The third kappa shape index (κ3) is 1.74. The Morgan fingerprint density at radius 3 is 3.00 bits per heavy atom. The van der Waals surface area contributed by atoms with Gasteiger partial charge in [-0.1, -0.05) is 18.2 Å². The van der Waals surface area contributed by atoms with Gasteiger partial charge >= 0.3 is 0 Å². The van der Waals surface area contributed by atoms with Crippen LogP contribution in [0, 0.1) is 5.92 Å². The zero-order valence-electron chi connectivity index (χ0n) is 9.00. The van der Waals surface area contributed by atoms with Crippen LogP contribution in [0.1, 0.15) is 18.4 Å². The Labute approximate surface area is 91.1 Å². The van der Waals surface area contributed by atoms with Crippen LogP contribution in [0.25, 0.3) is 0 Å². The lowest BCUT2D eigenvalue weighted by atomic mass is 9.87. The van der Waals surface area contributed by atoms with E-state index in [4.69, 9.17) is 0 Å². The van der Waals surface area contributed by atoms with Crippen LogP contribution in [0.2, 0.25) is 0 Å². The fourth-order valence-electron chi connectivity index (χ4n) is 2.86. The van der Waals surface area contributed by atoms with Gasteiger partial charge in [0.25, 0.3) is 0 Å². The van der Waals surface area contributed by atoms with Crippen molar-refractivity contribution in [2.24, 2.45) is 5.92 Å². The summed E-state index contributed by atoms with van der Waals surface area (Å²) in [6.07, 6.45) is 3.94. The second kappa shape index (κ2) is 3.86. The van der Waals surface area contributed by atoms with Crippen LogP contribution in [-0.2, 0) is 6.42 Å². The van der Waals surface area contributed by atoms with Crippen LogP contribution in [0.15, 0.2) is 24.3 Å². The summed E-state index contributed by atoms with van der Waals surface area (Å²) in [4.78, 5) is 0. The quantitative estimate of drug-likeness (QED) is 0.728. The highest BCUT2D eigenvalue weighted by atomic mass is 15.0. The Kier molecular flexibility index (Phi) is 2.37. The Morgan fingerprint density at radius 1 is 1.20 bits per heavy atom. The SMILES string of the molecule is c1ccc2c(c1)C[C@@H]([C@H]1CCCN1)CN2. The van der Waals surface area contributed by atoms with E-state index in [0.29, 0.717) is 0 Å². The molecule has 2 N–H and O–H groups in total. The highest BCUT2D eigenvalue weighted by Gasteiger charge is 2.27. The maximum atomic E-state index is 3.62. The molecule has 0 spiro atoms. The molecule has 0 aromatic heterocycles. The molecule has 0 saturated carbocycles. The van der Waals surface area contributed by atoms with E-state index in [1.807, 2.05) is 0 Å². The fraction of sp³-hybridized carbons (Fsp3) is 0.538. The van der Waals surface area contributed by atoms with Crippen LogP contribution in [0.4, 0.5) is 5.69 Å². The minimum Gasteiger partial charge on any atom is -0.384 e. The molecule has 0 unspecified atom stereocenters. The van der Waals surface area contributed by atoms with Crippen molar-refractivity contribution in [3.05, 3.63) is 29.8 Å². The summed E-state index contributed by atoms with van der Waals surface area (Å²) in [5.41, 5.74) is 2.83. The molecule has 2 heteroatoms. The fourth-order valence-corrected chi connectivity index (χ4v) is 2.86. The lowest BCUT2D eigenvalue weighted by molar-refractivity contribution is 0.396. The van der Waals surface area contributed by atoms with Crippen molar-refractivity contribution in [3.63, 3.8) is 0 Å². The number of hydrogen-bond donors (Lipinski definition) is 2. The summed E-state index contributed by atoms with van der Waals surface area (Å²) in [5, 5.41) is 7.17. The molecule has 1 aromatic rings. The Hall–Kier alpha value is -1.02. The monoisotopic (exact) mass is 202 g/mol. The normalized spacial score (nSPS) is 29.6. The molecule has 0 amide bonds. The lowest BCUT2D eigenvalue weighted by Crippen LogP contribution is -2.38. The van der Waals surface area contributed by atoms with Crippen molar-refractivity contribution in [1.29, 1.82) is 0 Å². The first kappa shape index (κ1) is 9.22. The molecule has 2 atom stereocenters. The number of benzene rings is 1. The van der Waals surface area contributed by atoms with Crippen molar-refractivity contribution in [2.75, 3.05) is 18.4 Å². The minimum absolute atomic E-state index is 0.742. The van der Waals surface area contributed by atoms with Gasteiger partial charge in [-0.25, -0.2) is 0 Å². The summed E-state index contributed by atoms with van der Waals surface area (Å²) < 4.78 is 0. The van der Waals surface area contributed by atoms with Crippen LogP contribution < -0.4 is 10.6 Å². The van der Waals surface area contributed by atoms with Crippen LogP contribution in [-0.4, -0.2) is 19.1 Å². The molecule has 2 heterocycles. The highest BCUT2D eigenvalue weighted by Crippen LogP contribution is 2.28. The molecule has 2 aliphatic rings. The average molecular weight is 202 g/mol. The molecule has 1 aromatic carbocycles. The maximum absolute atomic E-state index is 3.62. The molecule has 15 heavy (non-hydrogen) atoms. The molecule has 2 aliphatic heterocycles. The minimum atomic E-state index is 0.742. The van der Waals surface area contributed by atoms with E-state index in [-0.39, 0.29) is 0 Å². The Bertz CT molecular complexity index is 342. The molecule has 0 bridgehead atoms. The topological polar surface area (TPSA) is 24.1 Å². The van der Waals surface area contributed by atoms with Gasteiger partial charge in [-0.15, -0.1) is 0 Å². The van der Waals surface area contributed by atoms with E-state index < -0.39 is 0 Å². The van der Waals surface area contributed by atoms with E-state index in [1.165, 1.54) is 37.1 Å². The van der Waals surface area contributed by atoms with Gasteiger partial charge in [0.1, 0.15) is 0 Å². The first-order valence-corrected chi connectivity index (χ1v) is 5.98. The molecule has 1 saturated heterocycles. The van der Waals surface area contributed by atoms with E-state index >= 15 is 0 Å². The number of rotatable bonds is 1. The average Bonchev–Trinajstić information content (AvgIpc) is 2.82. The number of para-hydroxylation sites is 1. The second-order valence-electron chi connectivity index (χ2n) is 4.71. The van der Waals surface area contributed by atoms with E-state index in [1.54, 1.807) is 0 Å². The predicted molar refractivity (Wildman–Crippen MR) is 63.2 cm³/mol. The summed E-state index contributed by atoms with van der Waals surface area (Å²) in [6, 6.07) is 9.44. The van der Waals surface area contributed by atoms with Crippen LogP contribution >= 0.6 is 0 Å². The summed E-state index contributed by atoms with van der Waals surface area (Å²) >= 11 is 0. The zero-order chi connectivity index (χ0) is 10.1. The van der Waals surface area contributed by atoms with Gasteiger partial charge in [0.05, 0.1) is 0 Å². The Morgan fingerprint density at radius 2 is 2.13 bits per heavy atom. The van der Waals surface area contributed by atoms with E-state index in [0.717, 1.165) is 18.5 Å². The molecule has 1 fully saturated rings. The largest absolute Gasteiger partial charge is 0.384 e. The standard InChI is InChI=1S/C13H18N2/c1-2-5-12-10(4-1)8-11(9-15-12)13-6-3-7-14-13/h1-2,4-5,11,13-15H,3,6-9H2/t11-,13-/m1/s1. The van der Waals surface area contributed by atoms with E-state index in [2.05, 4.69) is 34.9 Å². The first-order chi connectivity index (χ1) is 7.43. The first-order valence-electron chi connectivity index (χ1n) is 5.98. The zero-order valence-corrected chi connectivity index (χ0v) is 9.00. The van der Waals surface area contributed by atoms with Gasteiger partial charge in [-0.05, 0) is 43.4 Å². The highest BCUT2D eigenvalue weighted by molar-refractivity contribution is 5.53. The molecular weight excluding hydrogens is 184 g/mol. The maximum Gasteiger partial charge on any atom is 0.0372 e. The predicted octanol–water partition coefficient (Wildman–Crippen LogP) is 2.02. The molecule has 80 valence electrons. The van der Waals surface area contributed by atoms with Crippen molar-refractivity contribution < 1.29 is 0 Å². The summed E-state index contributed by atoms with van der Waals surface area (Å²) in [5.74, 6) is 0.780. The number of anilines is 1. The third-order valence-corrected chi connectivity index (χ3v) is 3.72. The number of nitrogens with one attached hydrogen (secondary N) is 2. The number of fused-ring (bicyclic) bond motifs is 1. The van der Waals surface area contributed by atoms with Gasteiger partial charge < -0.3 is 10.6 Å². The smallest absolute Gasteiger partial charge is 0.0372 e. The van der Waals surface area contributed by atoms with Crippen molar-refractivity contribution in [3.8, 4) is 0 Å². The van der Waals surface area contributed by atoms with Crippen LogP contribution in [0.3, 0.4) is 0 Å². The molecule has 0 radical (unpaired) electrons. The van der Waals surface area contributed by atoms with Crippen molar-refractivity contribution in [2.45, 2.75) is 25.3 Å². The molecule has 0 aliphatic carbocycles. The molecular formula is C13H18N2. The van der Waals surface area contributed by atoms with Crippen molar-refractivity contribution in [1.82, 2.24) is 5.32 Å². The third-order valence-electron chi connectivity index (χ3n) is 3.72. The van der Waals surface area contributed by atoms with Crippen LogP contribution in [0.5, 0.6) is 0 Å². The number of hydrogen-bond acceptors (Lipinski definition) is 2. The second-order valence-corrected chi connectivity index (χ2v) is 4.71. The summed E-state index contributed by atoms with van der Waals surface area (Å²) in [7, 11) is 0. The Balaban J connectivity index is 1.76. The van der Waals surface area contributed by atoms with Gasteiger partial charge in [0, 0.05) is 18.3 Å².